The summed E-state index contributed by atoms with van der Waals surface area (Å²) in [5, 5.41) is 10.7. The fraction of sp³-hybridized carbons (Fsp3) is 0.150. The summed E-state index contributed by atoms with van der Waals surface area (Å²) in [6.07, 6.45) is 2.49. The maximum Gasteiger partial charge on any atom is 0.338 e. The maximum atomic E-state index is 11.8. The molecule has 10 nitrogen and oxygen atoms in total. The number of rotatable bonds is 8. The van der Waals surface area contributed by atoms with Crippen LogP contribution in [0.4, 0.5) is 5.69 Å². The largest absolute Gasteiger partial charge is 0.484 e. The Labute approximate surface area is 171 Å². The van der Waals surface area contributed by atoms with Gasteiger partial charge in [-0.3, -0.25) is 30.6 Å². The van der Waals surface area contributed by atoms with Gasteiger partial charge in [0.05, 0.1) is 17.1 Å². The van der Waals surface area contributed by atoms with Crippen molar-refractivity contribution in [3.8, 4) is 5.75 Å². The number of hydrogen-bond donors (Lipinski definition) is 2. The third-order valence-electron chi connectivity index (χ3n) is 3.57. The van der Waals surface area contributed by atoms with Crippen LogP contribution in [-0.2, 0) is 14.3 Å². The van der Waals surface area contributed by atoms with Gasteiger partial charge in [0.25, 0.3) is 17.5 Å². The predicted molar refractivity (Wildman–Crippen MR) is 106 cm³/mol. The van der Waals surface area contributed by atoms with Gasteiger partial charge in [-0.15, -0.1) is 0 Å². The second-order valence-electron chi connectivity index (χ2n) is 5.76. The van der Waals surface area contributed by atoms with E-state index in [1.807, 2.05) is 0 Å². The van der Waals surface area contributed by atoms with E-state index < -0.39 is 22.7 Å². The Morgan fingerprint density at radius 3 is 2.50 bits per heavy atom. The summed E-state index contributed by atoms with van der Waals surface area (Å²) in [5.41, 5.74) is 5.05. The van der Waals surface area contributed by atoms with Gasteiger partial charge in [-0.1, -0.05) is 12.1 Å². The summed E-state index contributed by atoms with van der Waals surface area (Å²) >= 11 is 0. The summed E-state index contributed by atoms with van der Waals surface area (Å²) in [7, 11) is 0. The Bertz CT molecular complexity index is 955. The molecule has 0 radical (unpaired) electrons. The Balaban J connectivity index is 1.76. The molecule has 0 aliphatic carbocycles. The normalized spacial score (nSPS) is 10.3. The zero-order chi connectivity index (χ0) is 21.9. The second kappa shape index (κ2) is 11.0. The zero-order valence-corrected chi connectivity index (χ0v) is 16.0. The quantitative estimate of drug-likeness (QED) is 0.292. The lowest BCUT2D eigenvalue weighted by Gasteiger charge is -2.08. The minimum atomic E-state index is -0.631. The molecule has 2 N–H and O–H groups in total. The molecule has 0 saturated carbocycles. The standard InChI is InChI=1S/C20H19N3O7/c1-2-29-20(26)15-7-9-17(10-8-15)30-13-19(25)22-21-18(24)11-6-14-4-3-5-16(12-14)23(27)28/h3-12H,2,13H2,1H3,(H,21,24)(H,22,25)/b11-6+. The fourth-order valence-corrected chi connectivity index (χ4v) is 2.17. The van der Waals surface area contributed by atoms with Crippen LogP contribution in [0.15, 0.2) is 54.6 Å². The molecular weight excluding hydrogens is 394 g/mol. The average molecular weight is 413 g/mol. The van der Waals surface area contributed by atoms with Crippen molar-refractivity contribution in [3.05, 3.63) is 75.8 Å². The number of non-ortho nitro benzene ring substituents is 1. The van der Waals surface area contributed by atoms with Crippen molar-refractivity contribution in [1.29, 1.82) is 0 Å². The molecule has 156 valence electrons. The minimum Gasteiger partial charge on any atom is -0.484 e. The van der Waals surface area contributed by atoms with Crippen LogP contribution in [0.3, 0.4) is 0 Å². The Morgan fingerprint density at radius 2 is 1.83 bits per heavy atom. The number of nitrogens with one attached hydrogen (secondary N) is 2. The van der Waals surface area contributed by atoms with Gasteiger partial charge in [0.1, 0.15) is 5.75 Å². The number of carbonyl (C=O) groups excluding carboxylic acids is 3. The topological polar surface area (TPSA) is 137 Å². The highest BCUT2D eigenvalue weighted by atomic mass is 16.6. The van der Waals surface area contributed by atoms with Crippen molar-refractivity contribution in [3.63, 3.8) is 0 Å². The van der Waals surface area contributed by atoms with Crippen LogP contribution in [0.5, 0.6) is 5.75 Å². The highest BCUT2D eigenvalue weighted by molar-refractivity contribution is 5.93. The van der Waals surface area contributed by atoms with Gasteiger partial charge < -0.3 is 9.47 Å². The lowest BCUT2D eigenvalue weighted by molar-refractivity contribution is -0.384. The van der Waals surface area contributed by atoms with Crippen LogP contribution in [0.25, 0.3) is 6.08 Å². The molecule has 0 saturated heterocycles. The third kappa shape index (κ3) is 7.08. The van der Waals surface area contributed by atoms with Gasteiger partial charge in [-0.25, -0.2) is 4.79 Å². The third-order valence-corrected chi connectivity index (χ3v) is 3.57. The summed E-state index contributed by atoms with van der Waals surface area (Å²) in [6, 6.07) is 11.8. The van der Waals surface area contributed by atoms with Gasteiger partial charge in [-0.2, -0.15) is 0 Å². The van der Waals surface area contributed by atoms with E-state index >= 15 is 0 Å². The van der Waals surface area contributed by atoms with Gasteiger partial charge in [-0.05, 0) is 42.8 Å². The summed E-state index contributed by atoms with van der Waals surface area (Å²) in [5.74, 6) is -1.34. The van der Waals surface area contributed by atoms with E-state index in [0.717, 1.165) is 6.08 Å². The van der Waals surface area contributed by atoms with E-state index in [-0.39, 0.29) is 18.9 Å². The first-order chi connectivity index (χ1) is 14.4. The van der Waals surface area contributed by atoms with Crippen molar-refractivity contribution < 1.29 is 28.8 Å². The van der Waals surface area contributed by atoms with E-state index in [1.54, 1.807) is 13.0 Å². The number of nitrogens with zero attached hydrogens (tertiary/aromatic N) is 1. The first kappa shape index (κ1) is 22.1. The van der Waals surface area contributed by atoms with Crippen LogP contribution in [0.2, 0.25) is 0 Å². The molecule has 0 aliphatic heterocycles. The van der Waals surface area contributed by atoms with Gasteiger partial charge in [0, 0.05) is 18.2 Å². The second-order valence-corrected chi connectivity index (χ2v) is 5.76. The summed E-state index contributed by atoms with van der Waals surface area (Å²) < 4.78 is 10.1. The van der Waals surface area contributed by atoms with Crippen molar-refractivity contribution in [1.82, 2.24) is 10.9 Å². The molecule has 2 aromatic rings. The number of ether oxygens (including phenoxy) is 2. The Morgan fingerprint density at radius 1 is 1.10 bits per heavy atom. The molecule has 2 aromatic carbocycles. The first-order valence-electron chi connectivity index (χ1n) is 8.80. The molecule has 0 atom stereocenters. The zero-order valence-electron chi connectivity index (χ0n) is 16.0. The van der Waals surface area contributed by atoms with Gasteiger partial charge >= 0.3 is 5.97 Å². The number of nitro benzene ring substituents is 1. The molecular formula is C20H19N3O7. The molecule has 2 rings (SSSR count). The van der Waals surface area contributed by atoms with Crippen molar-refractivity contribution >= 4 is 29.5 Å². The van der Waals surface area contributed by atoms with Crippen molar-refractivity contribution in [2.75, 3.05) is 13.2 Å². The molecule has 30 heavy (non-hydrogen) atoms. The van der Waals surface area contributed by atoms with Crippen LogP contribution in [0.1, 0.15) is 22.8 Å². The van der Waals surface area contributed by atoms with E-state index in [9.17, 15) is 24.5 Å². The molecule has 0 aromatic heterocycles. The lowest BCUT2D eigenvalue weighted by atomic mass is 10.2. The Hall–Kier alpha value is -4.21. The highest BCUT2D eigenvalue weighted by Gasteiger charge is 2.08. The van der Waals surface area contributed by atoms with E-state index in [2.05, 4.69) is 10.9 Å². The smallest absolute Gasteiger partial charge is 0.338 e. The SMILES string of the molecule is CCOC(=O)c1ccc(OCC(=O)NNC(=O)/C=C/c2cccc([N+](=O)[O-])c2)cc1. The van der Waals surface area contributed by atoms with Crippen LogP contribution in [0, 0.1) is 10.1 Å². The monoisotopic (exact) mass is 413 g/mol. The van der Waals surface area contributed by atoms with Crippen LogP contribution >= 0.6 is 0 Å². The number of hydrogen-bond acceptors (Lipinski definition) is 7. The number of carbonyl (C=O) groups is 3. The average Bonchev–Trinajstić information content (AvgIpc) is 2.75. The van der Waals surface area contributed by atoms with Gasteiger partial charge in [0.2, 0.25) is 0 Å². The van der Waals surface area contributed by atoms with E-state index in [1.165, 1.54) is 48.5 Å². The molecule has 0 bridgehead atoms. The fourth-order valence-electron chi connectivity index (χ4n) is 2.17. The molecule has 2 amide bonds. The first-order valence-corrected chi connectivity index (χ1v) is 8.80. The van der Waals surface area contributed by atoms with Crippen LogP contribution < -0.4 is 15.6 Å². The van der Waals surface area contributed by atoms with E-state index in [0.29, 0.717) is 16.9 Å². The van der Waals surface area contributed by atoms with E-state index in [4.69, 9.17) is 9.47 Å². The molecule has 0 aliphatic rings. The number of amides is 2. The predicted octanol–water partition coefficient (Wildman–Crippen LogP) is 2.01. The highest BCUT2D eigenvalue weighted by Crippen LogP contribution is 2.14. The Kier molecular flexibility index (Phi) is 8.06. The number of esters is 1. The summed E-state index contributed by atoms with van der Waals surface area (Å²) in [6.45, 7) is 1.60. The minimum absolute atomic E-state index is 0.0988. The molecule has 0 heterocycles. The number of hydrazine groups is 1. The van der Waals surface area contributed by atoms with Gasteiger partial charge in [0.15, 0.2) is 6.61 Å². The number of nitro groups is 1. The number of benzene rings is 2. The van der Waals surface area contributed by atoms with Crippen molar-refractivity contribution in [2.24, 2.45) is 0 Å². The molecule has 0 fully saturated rings. The molecule has 0 unspecified atom stereocenters. The van der Waals surface area contributed by atoms with Crippen LogP contribution in [-0.4, -0.2) is 35.9 Å². The van der Waals surface area contributed by atoms with Crippen molar-refractivity contribution in [2.45, 2.75) is 6.92 Å². The maximum absolute atomic E-state index is 11.8. The summed E-state index contributed by atoms with van der Waals surface area (Å²) in [4.78, 5) is 45.2. The molecule has 10 heteroatoms. The molecule has 0 spiro atoms. The lowest BCUT2D eigenvalue weighted by Crippen LogP contribution is -2.43.